The molecule has 0 saturated heterocycles. The van der Waals surface area contributed by atoms with Crippen LogP contribution in [0.1, 0.15) is 5.56 Å². The monoisotopic (exact) mass is 268 g/mol. The van der Waals surface area contributed by atoms with E-state index in [1.54, 1.807) is 18.2 Å². The number of H-pyrrole nitrogens is 1. The molecule has 20 heavy (non-hydrogen) atoms. The van der Waals surface area contributed by atoms with Crippen LogP contribution in [0.4, 0.5) is 5.69 Å². The minimum absolute atomic E-state index is 0.147. The fourth-order valence-electron chi connectivity index (χ4n) is 2.05. The number of carbonyl (C=O) groups excluding carboxylic acids is 1. The first-order chi connectivity index (χ1) is 9.72. The van der Waals surface area contributed by atoms with Gasteiger partial charge in [-0.15, -0.1) is 0 Å². The van der Waals surface area contributed by atoms with E-state index in [9.17, 15) is 9.59 Å². The van der Waals surface area contributed by atoms with Crippen molar-refractivity contribution in [1.29, 1.82) is 0 Å². The fourth-order valence-corrected chi connectivity index (χ4v) is 2.05. The van der Waals surface area contributed by atoms with Gasteiger partial charge in [-0.2, -0.15) is 0 Å². The van der Waals surface area contributed by atoms with Crippen molar-refractivity contribution in [3.8, 4) is 0 Å². The number of rotatable bonds is 3. The largest absolute Gasteiger partial charge is 0.417 e. The number of aromatic amines is 1. The number of carbonyl (C=O) groups is 1. The molecule has 1 aromatic heterocycles. The molecule has 0 aliphatic rings. The number of fused-ring (bicyclic) bond motifs is 1. The summed E-state index contributed by atoms with van der Waals surface area (Å²) in [7, 11) is 0. The van der Waals surface area contributed by atoms with Gasteiger partial charge in [-0.1, -0.05) is 36.4 Å². The number of hydrogen-bond acceptors (Lipinski definition) is 3. The van der Waals surface area contributed by atoms with Gasteiger partial charge in [-0.05, 0) is 17.7 Å². The standard InChI is InChI=1S/C15H12N2O3/c18-13(9-10-5-2-1-3-6-10)16-11-7-4-8-12-14(11)17-15(19)20-12/h1-8H,9H2,(H,16,18)(H,17,19). The predicted octanol–water partition coefficient (Wildman–Crippen LogP) is 2.30. The van der Waals surface area contributed by atoms with Crippen LogP contribution in [0.3, 0.4) is 0 Å². The maximum absolute atomic E-state index is 12.0. The molecule has 0 bridgehead atoms. The van der Waals surface area contributed by atoms with Crippen molar-refractivity contribution in [3.05, 3.63) is 64.6 Å². The van der Waals surface area contributed by atoms with Crippen molar-refractivity contribution in [3.63, 3.8) is 0 Å². The van der Waals surface area contributed by atoms with Crippen LogP contribution in [0, 0.1) is 0 Å². The SMILES string of the molecule is O=C(Cc1ccccc1)Nc1cccc2oc(=O)[nH]c12. The number of oxazole rings is 1. The lowest BCUT2D eigenvalue weighted by Crippen LogP contribution is -2.14. The first-order valence-corrected chi connectivity index (χ1v) is 6.18. The summed E-state index contributed by atoms with van der Waals surface area (Å²) in [6.07, 6.45) is 0.277. The molecule has 1 amide bonds. The Morgan fingerprint density at radius 2 is 1.90 bits per heavy atom. The zero-order chi connectivity index (χ0) is 13.9. The normalized spacial score (nSPS) is 10.6. The van der Waals surface area contributed by atoms with E-state index in [1.165, 1.54) is 0 Å². The fraction of sp³-hybridized carbons (Fsp3) is 0.0667. The topological polar surface area (TPSA) is 75.1 Å². The number of anilines is 1. The van der Waals surface area contributed by atoms with Crippen molar-refractivity contribution in [2.45, 2.75) is 6.42 Å². The van der Waals surface area contributed by atoms with E-state index in [1.807, 2.05) is 30.3 Å². The molecule has 0 fully saturated rings. The van der Waals surface area contributed by atoms with Crippen LogP contribution < -0.4 is 11.1 Å². The van der Waals surface area contributed by atoms with E-state index in [4.69, 9.17) is 4.42 Å². The average molecular weight is 268 g/mol. The van der Waals surface area contributed by atoms with Crippen molar-refractivity contribution < 1.29 is 9.21 Å². The summed E-state index contributed by atoms with van der Waals surface area (Å²) in [6.45, 7) is 0. The summed E-state index contributed by atoms with van der Waals surface area (Å²) in [4.78, 5) is 25.7. The number of amides is 1. The Morgan fingerprint density at radius 3 is 2.70 bits per heavy atom. The molecule has 0 saturated carbocycles. The number of aromatic nitrogens is 1. The molecule has 5 nitrogen and oxygen atoms in total. The summed E-state index contributed by atoms with van der Waals surface area (Å²) in [5.74, 6) is -0.685. The maximum atomic E-state index is 12.0. The van der Waals surface area contributed by atoms with Gasteiger partial charge < -0.3 is 9.73 Å². The van der Waals surface area contributed by atoms with Gasteiger partial charge in [0.2, 0.25) is 5.91 Å². The van der Waals surface area contributed by atoms with E-state index in [0.717, 1.165) is 5.56 Å². The van der Waals surface area contributed by atoms with E-state index >= 15 is 0 Å². The molecule has 100 valence electrons. The Kier molecular flexibility index (Phi) is 3.09. The highest BCUT2D eigenvalue weighted by Gasteiger charge is 2.09. The van der Waals surface area contributed by atoms with Gasteiger partial charge in [0.25, 0.3) is 0 Å². The average Bonchev–Trinajstić information content (AvgIpc) is 2.81. The van der Waals surface area contributed by atoms with E-state index in [-0.39, 0.29) is 12.3 Å². The van der Waals surface area contributed by atoms with Crippen molar-refractivity contribution in [2.75, 3.05) is 5.32 Å². The number of benzene rings is 2. The summed E-state index contributed by atoms with van der Waals surface area (Å²) in [6, 6.07) is 14.6. The number of nitrogens with one attached hydrogen (secondary N) is 2. The minimum atomic E-state index is -0.537. The Hall–Kier alpha value is -2.82. The molecule has 0 aliphatic heterocycles. The highest BCUT2D eigenvalue weighted by molar-refractivity contribution is 5.99. The molecule has 0 aliphatic carbocycles. The third-order valence-corrected chi connectivity index (χ3v) is 2.94. The predicted molar refractivity (Wildman–Crippen MR) is 75.6 cm³/mol. The Labute approximate surface area is 114 Å². The van der Waals surface area contributed by atoms with Crippen LogP contribution in [0.2, 0.25) is 0 Å². The lowest BCUT2D eigenvalue weighted by Gasteiger charge is -2.05. The second-order valence-electron chi connectivity index (χ2n) is 4.40. The first kappa shape index (κ1) is 12.2. The molecule has 0 unspecified atom stereocenters. The van der Waals surface area contributed by atoms with Crippen LogP contribution in [0.5, 0.6) is 0 Å². The first-order valence-electron chi connectivity index (χ1n) is 6.18. The van der Waals surface area contributed by atoms with Gasteiger partial charge in [0.1, 0.15) is 5.52 Å². The highest BCUT2D eigenvalue weighted by atomic mass is 16.4. The van der Waals surface area contributed by atoms with Crippen LogP contribution in [0.25, 0.3) is 11.1 Å². The molecule has 5 heteroatoms. The third-order valence-electron chi connectivity index (χ3n) is 2.94. The summed E-state index contributed by atoms with van der Waals surface area (Å²) in [5.41, 5.74) is 2.39. The molecule has 0 atom stereocenters. The third kappa shape index (κ3) is 2.47. The molecule has 2 N–H and O–H groups in total. The van der Waals surface area contributed by atoms with Crippen molar-refractivity contribution in [2.24, 2.45) is 0 Å². The molecular weight excluding hydrogens is 256 g/mol. The lowest BCUT2D eigenvalue weighted by molar-refractivity contribution is -0.115. The smallest absolute Gasteiger partial charge is 0.408 e. The van der Waals surface area contributed by atoms with Crippen molar-refractivity contribution in [1.82, 2.24) is 4.98 Å². The second-order valence-corrected chi connectivity index (χ2v) is 4.40. The number of hydrogen-bond donors (Lipinski definition) is 2. The molecule has 2 aromatic carbocycles. The molecule has 3 rings (SSSR count). The number of para-hydroxylation sites is 1. The van der Waals surface area contributed by atoms with Gasteiger partial charge in [-0.3, -0.25) is 9.78 Å². The molecule has 0 spiro atoms. The van der Waals surface area contributed by atoms with E-state index < -0.39 is 5.76 Å². The van der Waals surface area contributed by atoms with E-state index in [0.29, 0.717) is 16.8 Å². The van der Waals surface area contributed by atoms with Gasteiger partial charge in [0.05, 0.1) is 12.1 Å². The zero-order valence-electron chi connectivity index (χ0n) is 10.6. The van der Waals surface area contributed by atoms with Crippen LogP contribution in [-0.2, 0) is 11.2 Å². The molecular formula is C15H12N2O3. The van der Waals surface area contributed by atoms with Crippen LogP contribution in [-0.4, -0.2) is 10.9 Å². The quantitative estimate of drug-likeness (QED) is 0.765. The van der Waals surface area contributed by atoms with Crippen LogP contribution in [0.15, 0.2) is 57.7 Å². The second kappa shape index (κ2) is 5.05. The summed E-state index contributed by atoms with van der Waals surface area (Å²) < 4.78 is 4.95. The zero-order valence-corrected chi connectivity index (χ0v) is 10.6. The molecule has 1 heterocycles. The van der Waals surface area contributed by atoms with E-state index in [2.05, 4.69) is 10.3 Å². The lowest BCUT2D eigenvalue weighted by atomic mass is 10.1. The Bertz CT molecular complexity index is 803. The minimum Gasteiger partial charge on any atom is -0.408 e. The Morgan fingerprint density at radius 1 is 1.10 bits per heavy atom. The summed E-state index contributed by atoms with van der Waals surface area (Å²) >= 11 is 0. The van der Waals surface area contributed by atoms with Gasteiger partial charge in [-0.25, -0.2) is 4.79 Å². The highest BCUT2D eigenvalue weighted by Crippen LogP contribution is 2.20. The Balaban J connectivity index is 1.82. The molecule has 3 aromatic rings. The van der Waals surface area contributed by atoms with Gasteiger partial charge in [0.15, 0.2) is 5.58 Å². The van der Waals surface area contributed by atoms with Gasteiger partial charge >= 0.3 is 5.76 Å². The van der Waals surface area contributed by atoms with Crippen LogP contribution >= 0.6 is 0 Å². The van der Waals surface area contributed by atoms with Crippen molar-refractivity contribution >= 4 is 22.7 Å². The summed E-state index contributed by atoms with van der Waals surface area (Å²) in [5, 5.41) is 2.78. The van der Waals surface area contributed by atoms with Gasteiger partial charge in [0, 0.05) is 0 Å². The molecule has 0 radical (unpaired) electrons. The maximum Gasteiger partial charge on any atom is 0.417 e.